The summed E-state index contributed by atoms with van der Waals surface area (Å²) in [6, 6.07) is 8.54. The summed E-state index contributed by atoms with van der Waals surface area (Å²) < 4.78 is 0. The number of thiocarbonyl (C=S) groups is 1. The molecule has 16 heavy (non-hydrogen) atoms. The molecule has 0 fully saturated rings. The molecule has 2 rings (SSSR count). The summed E-state index contributed by atoms with van der Waals surface area (Å²) in [5, 5.41) is 4.08. The smallest absolute Gasteiger partial charge is 0.173 e. The highest BCUT2D eigenvalue weighted by Gasteiger charge is 2.23. The molecule has 0 saturated heterocycles. The molecule has 0 amide bonds. The van der Waals surface area contributed by atoms with Gasteiger partial charge in [-0.05, 0) is 43.1 Å². The number of nitrogens with zero attached hydrogens (tertiary/aromatic N) is 1. The Labute approximate surface area is 103 Å². The molecule has 86 valence electrons. The van der Waals surface area contributed by atoms with Gasteiger partial charge in [0, 0.05) is 18.8 Å². The van der Waals surface area contributed by atoms with Gasteiger partial charge in [0.1, 0.15) is 0 Å². The third-order valence-corrected chi connectivity index (χ3v) is 3.28. The van der Waals surface area contributed by atoms with Gasteiger partial charge in [-0.15, -0.1) is 0 Å². The van der Waals surface area contributed by atoms with Crippen molar-refractivity contribution in [1.29, 1.82) is 0 Å². The zero-order valence-electron chi connectivity index (χ0n) is 9.86. The van der Waals surface area contributed by atoms with Gasteiger partial charge < -0.3 is 10.2 Å². The van der Waals surface area contributed by atoms with Crippen LogP contribution < -0.4 is 10.2 Å². The molecule has 1 unspecified atom stereocenters. The van der Waals surface area contributed by atoms with Crippen LogP contribution in [0, 0.1) is 5.92 Å². The van der Waals surface area contributed by atoms with E-state index >= 15 is 0 Å². The van der Waals surface area contributed by atoms with E-state index in [-0.39, 0.29) is 0 Å². The van der Waals surface area contributed by atoms with Crippen molar-refractivity contribution in [2.75, 3.05) is 18.0 Å². The molecule has 0 saturated carbocycles. The Kier molecular flexibility index (Phi) is 3.44. The van der Waals surface area contributed by atoms with Gasteiger partial charge in [-0.2, -0.15) is 0 Å². The molecule has 1 aromatic rings. The fourth-order valence-electron chi connectivity index (χ4n) is 2.24. The van der Waals surface area contributed by atoms with Gasteiger partial charge >= 0.3 is 0 Å². The maximum atomic E-state index is 5.42. The lowest BCUT2D eigenvalue weighted by molar-refractivity contribution is 0.566. The van der Waals surface area contributed by atoms with Crippen LogP contribution in [0.2, 0.25) is 0 Å². The first-order valence-electron chi connectivity index (χ1n) is 5.85. The minimum atomic E-state index is 0.659. The van der Waals surface area contributed by atoms with E-state index in [1.807, 2.05) is 0 Å². The largest absolute Gasteiger partial charge is 0.363 e. The minimum Gasteiger partial charge on any atom is -0.363 e. The fourth-order valence-corrected chi connectivity index (χ4v) is 2.55. The molecule has 0 bridgehead atoms. The number of fused-ring (bicyclic) bond motifs is 1. The lowest BCUT2D eigenvalue weighted by atomic mass is 9.94. The number of anilines is 1. The molecule has 1 aromatic carbocycles. The van der Waals surface area contributed by atoms with Crippen LogP contribution in [0.5, 0.6) is 0 Å². The summed E-state index contributed by atoms with van der Waals surface area (Å²) in [4.78, 5) is 2.22. The third-order valence-electron chi connectivity index (χ3n) is 2.92. The van der Waals surface area contributed by atoms with Crippen LogP contribution >= 0.6 is 12.2 Å². The second kappa shape index (κ2) is 4.83. The number of nitrogens with one attached hydrogen (secondary N) is 1. The fraction of sp³-hybridized carbons (Fsp3) is 0.462. The molecule has 0 radical (unpaired) electrons. The van der Waals surface area contributed by atoms with E-state index in [2.05, 4.69) is 48.3 Å². The summed E-state index contributed by atoms with van der Waals surface area (Å²) in [5.74, 6) is 0.659. The van der Waals surface area contributed by atoms with Gasteiger partial charge in [-0.3, -0.25) is 0 Å². The molecule has 1 heterocycles. The van der Waals surface area contributed by atoms with Crippen LogP contribution in [-0.2, 0) is 6.42 Å². The summed E-state index contributed by atoms with van der Waals surface area (Å²) in [7, 11) is 0. The van der Waals surface area contributed by atoms with Crippen LogP contribution in [0.15, 0.2) is 24.3 Å². The van der Waals surface area contributed by atoms with E-state index in [1.54, 1.807) is 0 Å². The average Bonchev–Trinajstić information content (AvgIpc) is 2.28. The van der Waals surface area contributed by atoms with Crippen LogP contribution in [0.1, 0.15) is 19.4 Å². The van der Waals surface area contributed by atoms with Gasteiger partial charge in [-0.25, -0.2) is 0 Å². The number of hydrogen-bond acceptors (Lipinski definition) is 1. The predicted molar refractivity (Wildman–Crippen MR) is 72.9 cm³/mol. The Morgan fingerprint density at radius 2 is 2.25 bits per heavy atom. The van der Waals surface area contributed by atoms with E-state index in [1.165, 1.54) is 11.3 Å². The molecule has 1 N–H and O–H groups in total. The number of para-hydroxylation sites is 1. The molecule has 2 nitrogen and oxygen atoms in total. The summed E-state index contributed by atoms with van der Waals surface area (Å²) in [6.07, 6.45) is 1.15. The second-order valence-corrected chi connectivity index (χ2v) is 4.77. The molecule has 1 aliphatic heterocycles. The van der Waals surface area contributed by atoms with Crippen molar-refractivity contribution in [2.45, 2.75) is 20.3 Å². The number of rotatable bonds is 1. The summed E-state index contributed by atoms with van der Waals surface area (Å²) >= 11 is 5.42. The predicted octanol–water partition coefficient (Wildman–Crippen LogP) is 2.58. The Bertz CT molecular complexity index is 389. The van der Waals surface area contributed by atoms with Gasteiger partial charge in [0.25, 0.3) is 0 Å². The Morgan fingerprint density at radius 3 is 3.00 bits per heavy atom. The zero-order valence-corrected chi connectivity index (χ0v) is 10.7. The number of hydrogen-bond donors (Lipinski definition) is 1. The molecule has 0 aliphatic carbocycles. The molecule has 3 heteroatoms. The highest BCUT2D eigenvalue weighted by molar-refractivity contribution is 7.80. The first kappa shape index (κ1) is 11.4. The van der Waals surface area contributed by atoms with Crippen molar-refractivity contribution in [3.8, 4) is 0 Å². The van der Waals surface area contributed by atoms with Crippen molar-refractivity contribution in [3.05, 3.63) is 29.8 Å². The van der Waals surface area contributed by atoms with E-state index in [0.29, 0.717) is 5.92 Å². The molecule has 1 atom stereocenters. The first-order valence-corrected chi connectivity index (χ1v) is 6.26. The quantitative estimate of drug-likeness (QED) is 0.752. The Hall–Kier alpha value is -1.09. The lowest BCUT2D eigenvalue weighted by Gasteiger charge is -2.34. The SMILES string of the molecule is CCNC(=S)N1CC(C)Cc2ccccc21. The number of benzene rings is 1. The van der Waals surface area contributed by atoms with Crippen LogP contribution in [0.25, 0.3) is 0 Å². The molecule has 0 aromatic heterocycles. The van der Waals surface area contributed by atoms with E-state index < -0.39 is 0 Å². The highest BCUT2D eigenvalue weighted by atomic mass is 32.1. The van der Waals surface area contributed by atoms with E-state index in [9.17, 15) is 0 Å². The minimum absolute atomic E-state index is 0.659. The summed E-state index contributed by atoms with van der Waals surface area (Å²) in [6.45, 7) is 6.25. The summed E-state index contributed by atoms with van der Waals surface area (Å²) in [5.41, 5.74) is 2.67. The topological polar surface area (TPSA) is 15.3 Å². The van der Waals surface area contributed by atoms with Gasteiger partial charge in [0.15, 0.2) is 5.11 Å². The molecular weight excluding hydrogens is 216 g/mol. The monoisotopic (exact) mass is 234 g/mol. The highest BCUT2D eigenvalue weighted by Crippen LogP contribution is 2.29. The first-order chi connectivity index (χ1) is 7.72. The van der Waals surface area contributed by atoms with Crippen molar-refractivity contribution >= 4 is 23.0 Å². The van der Waals surface area contributed by atoms with Crippen molar-refractivity contribution in [3.63, 3.8) is 0 Å². The normalized spacial score (nSPS) is 19.1. The van der Waals surface area contributed by atoms with Crippen molar-refractivity contribution in [2.24, 2.45) is 5.92 Å². The van der Waals surface area contributed by atoms with Gasteiger partial charge in [-0.1, -0.05) is 25.1 Å². The zero-order chi connectivity index (χ0) is 11.5. The second-order valence-electron chi connectivity index (χ2n) is 4.38. The Morgan fingerprint density at radius 1 is 1.50 bits per heavy atom. The van der Waals surface area contributed by atoms with E-state index in [0.717, 1.165) is 24.6 Å². The van der Waals surface area contributed by atoms with Crippen LogP contribution in [0.3, 0.4) is 0 Å². The molecular formula is C13H18N2S. The van der Waals surface area contributed by atoms with Gasteiger partial charge in [0.2, 0.25) is 0 Å². The maximum Gasteiger partial charge on any atom is 0.173 e. The van der Waals surface area contributed by atoms with Crippen LogP contribution in [-0.4, -0.2) is 18.2 Å². The molecule has 1 aliphatic rings. The van der Waals surface area contributed by atoms with Crippen molar-refractivity contribution in [1.82, 2.24) is 5.32 Å². The van der Waals surface area contributed by atoms with Crippen LogP contribution in [0.4, 0.5) is 5.69 Å². The standard InChI is InChI=1S/C13H18N2S/c1-3-14-13(16)15-9-10(2)8-11-6-4-5-7-12(11)15/h4-7,10H,3,8-9H2,1-2H3,(H,14,16). The Balaban J connectivity index is 2.30. The lowest BCUT2D eigenvalue weighted by Crippen LogP contribution is -2.44. The van der Waals surface area contributed by atoms with Crippen molar-refractivity contribution < 1.29 is 0 Å². The molecule has 0 spiro atoms. The average molecular weight is 234 g/mol. The van der Waals surface area contributed by atoms with Gasteiger partial charge in [0.05, 0.1) is 0 Å². The third kappa shape index (κ3) is 2.19. The van der Waals surface area contributed by atoms with E-state index in [4.69, 9.17) is 12.2 Å². The maximum absolute atomic E-state index is 5.42.